The fourth-order valence-electron chi connectivity index (χ4n) is 1.91. The Morgan fingerprint density at radius 3 is 2.80 bits per heavy atom. The van der Waals surface area contributed by atoms with E-state index in [-0.39, 0.29) is 11.9 Å². The summed E-state index contributed by atoms with van der Waals surface area (Å²) in [5.41, 5.74) is 1.21. The normalized spacial score (nSPS) is 16.8. The average molecular weight is 333 g/mol. The fraction of sp³-hybridized carbons (Fsp3) is 0.188. The Kier molecular flexibility index (Phi) is 3.85. The second kappa shape index (κ2) is 5.77. The van der Waals surface area contributed by atoms with Gasteiger partial charge < -0.3 is 9.47 Å². The van der Waals surface area contributed by atoms with Gasteiger partial charge >= 0.3 is 0 Å². The SMILES string of the molecule is O=C(c1cccc(Br)c1)c1ccccc1OCC1CO1. The molecule has 0 aromatic heterocycles. The highest BCUT2D eigenvalue weighted by molar-refractivity contribution is 9.10. The monoisotopic (exact) mass is 332 g/mol. The van der Waals surface area contributed by atoms with E-state index in [1.165, 1.54) is 0 Å². The molecule has 1 unspecified atom stereocenters. The summed E-state index contributed by atoms with van der Waals surface area (Å²) in [5.74, 6) is 0.562. The third-order valence-corrected chi connectivity index (χ3v) is 3.54. The van der Waals surface area contributed by atoms with Gasteiger partial charge in [-0.1, -0.05) is 40.2 Å². The van der Waals surface area contributed by atoms with Crippen LogP contribution in [0, 0.1) is 0 Å². The second-order valence-corrected chi connectivity index (χ2v) is 5.52. The zero-order valence-electron chi connectivity index (χ0n) is 10.7. The summed E-state index contributed by atoms with van der Waals surface area (Å²) in [7, 11) is 0. The quantitative estimate of drug-likeness (QED) is 0.621. The first-order valence-electron chi connectivity index (χ1n) is 6.38. The first-order chi connectivity index (χ1) is 9.74. The van der Waals surface area contributed by atoms with E-state index in [0.717, 1.165) is 11.1 Å². The zero-order valence-corrected chi connectivity index (χ0v) is 12.3. The molecule has 0 radical (unpaired) electrons. The highest BCUT2D eigenvalue weighted by atomic mass is 79.9. The Morgan fingerprint density at radius 2 is 2.05 bits per heavy atom. The summed E-state index contributed by atoms with van der Waals surface area (Å²) < 4.78 is 11.7. The van der Waals surface area contributed by atoms with Crippen LogP contribution < -0.4 is 4.74 Å². The topological polar surface area (TPSA) is 38.8 Å². The van der Waals surface area contributed by atoms with Crippen molar-refractivity contribution in [1.82, 2.24) is 0 Å². The lowest BCUT2D eigenvalue weighted by Gasteiger charge is -2.10. The summed E-state index contributed by atoms with van der Waals surface area (Å²) >= 11 is 3.38. The van der Waals surface area contributed by atoms with Gasteiger partial charge in [0.05, 0.1) is 12.2 Å². The summed E-state index contributed by atoms with van der Waals surface area (Å²) in [6.45, 7) is 1.23. The van der Waals surface area contributed by atoms with E-state index in [1.807, 2.05) is 36.4 Å². The van der Waals surface area contributed by atoms with Crippen LogP contribution in [-0.4, -0.2) is 25.1 Å². The molecule has 1 aliphatic rings. The number of para-hydroxylation sites is 1. The summed E-state index contributed by atoms with van der Waals surface area (Å²) in [5, 5.41) is 0. The van der Waals surface area contributed by atoms with Gasteiger partial charge in [-0.15, -0.1) is 0 Å². The predicted molar refractivity (Wildman–Crippen MR) is 79.3 cm³/mol. The van der Waals surface area contributed by atoms with Crippen LogP contribution in [0.2, 0.25) is 0 Å². The van der Waals surface area contributed by atoms with E-state index < -0.39 is 0 Å². The molecule has 0 saturated carbocycles. The van der Waals surface area contributed by atoms with Gasteiger partial charge in [-0.3, -0.25) is 4.79 Å². The molecule has 1 saturated heterocycles. The van der Waals surface area contributed by atoms with E-state index in [2.05, 4.69) is 15.9 Å². The molecule has 1 atom stereocenters. The Labute approximate surface area is 125 Å². The molecule has 2 aromatic carbocycles. The molecule has 102 valence electrons. The lowest BCUT2D eigenvalue weighted by atomic mass is 10.0. The van der Waals surface area contributed by atoms with Gasteiger partial charge in [0, 0.05) is 10.0 Å². The first-order valence-corrected chi connectivity index (χ1v) is 7.17. The van der Waals surface area contributed by atoms with E-state index in [9.17, 15) is 4.79 Å². The number of halogens is 1. The van der Waals surface area contributed by atoms with Crippen LogP contribution in [0.1, 0.15) is 15.9 Å². The minimum absolute atomic E-state index is 0.0429. The number of hydrogen-bond acceptors (Lipinski definition) is 3. The molecule has 2 aromatic rings. The minimum Gasteiger partial charge on any atom is -0.490 e. The molecule has 1 aliphatic heterocycles. The molecule has 0 bridgehead atoms. The molecule has 1 fully saturated rings. The third kappa shape index (κ3) is 3.08. The number of epoxide rings is 1. The molecule has 3 rings (SSSR count). The van der Waals surface area contributed by atoms with Crippen molar-refractivity contribution < 1.29 is 14.3 Å². The maximum atomic E-state index is 12.5. The van der Waals surface area contributed by atoms with Crippen LogP contribution in [0.5, 0.6) is 5.75 Å². The number of carbonyl (C=O) groups is 1. The number of hydrogen-bond donors (Lipinski definition) is 0. The van der Waals surface area contributed by atoms with Crippen molar-refractivity contribution in [3.8, 4) is 5.75 Å². The minimum atomic E-state index is -0.0429. The lowest BCUT2D eigenvalue weighted by molar-refractivity contribution is 0.103. The molecular weight excluding hydrogens is 320 g/mol. The Hall–Kier alpha value is -1.65. The fourth-order valence-corrected chi connectivity index (χ4v) is 2.31. The van der Waals surface area contributed by atoms with Crippen molar-refractivity contribution in [2.24, 2.45) is 0 Å². The van der Waals surface area contributed by atoms with E-state index >= 15 is 0 Å². The lowest BCUT2D eigenvalue weighted by Crippen LogP contribution is -2.09. The first kappa shape index (κ1) is 13.3. The van der Waals surface area contributed by atoms with E-state index in [4.69, 9.17) is 9.47 Å². The van der Waals surface area contributed by atoms with Gasteiger partial charge in [-0.25, -0.2) is 0 Å². The standard InChI is InChI=1S/C16H13BrO3/c17-12-5-3-4-11(8-12)16(18)14-6-1-2-7-15(14)20-10-13-9-19-13/h1-8,13H,9-10H2. The number of ketones is 1. The molecule has 0 spiro atoms. The van der Waals surface area contributed by atoms with E-state index in [0.29, 0.717) is 23.5 Å². The molecule has 20 heavy (non-hydrogen) atoms. The number of carbonyl (C=O) groups excluding carboxylic acids is 1. The largest absolute Gasteiger partial charge is 0.490 e. The van der Waals surface area contributed by atoms with Crippen LogP contribution in [0.25, 0.3) is 0 Å². The molecule has 0 aliphatic carbocycles. The number of benzene rings is 2. The highest BCUT2D eigenvalue weighted by Crippen LogP contribution is 2.24. The highest BCUT2D eigenvalue weighted by Gasteiger charge is 2.24. The number of rotatable bonds is 5. The molecule has 3 nitrogen and oxygen atoms in total. The van der Waals surface area contributed by atoms with Crippen molar-refractivity contribution in [3.05, 3.63) is 64.1 Å². The molecule has 0 N–H and O–H groups in total. The van der Waals surface area contributed by atoms with Gasteiger partial charge in [0.15, 0.2) is 5.78 Å². The van der Waals surface area contributed by atoms with Crippen molar-refractivity contribution in [1.29, 1.82) is 0 Å². The second-order valence-electron chi connectivity index (χ2n) is 4.60. The third-order valence-electron chi connectivity index (χ3n) is 3.05. The summed E-state index contributed by atoms with van der Waals surface area (Å²) in [6.07, 6.45) is 0.170. The Bertz CT molecular complexity index is 635. The van der Waals surface area contributed by atoms with Crippen molar-refractivity contribution in [2.75, 3.05) is 13.2 Å². The smallest absolute Gasteiger partial charge is 0.196 e. The Balaban J connectivity index is 1.86. The van der Waals surface area contributed by atoms with Crippen molar-refractivity contribution >= 4 is 21.7 Å². The maximum absolute atomic E-state index is 12.5. The van der Waals surface area contributed by atoms with Gasteiger partial charge in [0.2, 0.25) is 0 Å². The van der Waals surface area contributed by atoms with Crippen molar-refractivity contribution in [3.63, 3.8) is 0 Å². The van der Waals surface area contributed by atoms with Gasteiger partial charge in [-0.2, -0.15) is 0 Å². The Morgan fingerprint density at radius 1 is 1.25 bits per heavy atom. The molecule has 0 amide bonds. The van der Waals surface area contributed by atoms with E-state index in [1.54, 1.807) is 12.1 Å². The molecule has 1 heterocycles. The van der Waals surface area contributed by atoms with Crippen LogP contribution in [-0.2, 0) is 4.74 Å². The number of ether oxygens (including phenoxy) is 2. The van der Waals surface area contributed by atoms with Crippen LogP contribution >= 0.6 is 15.9 Å². The van der Waals surface area contributed by atoms with Gasteiger partial charge in [0.25, 0.3) is 0 Å². The average Bonchev–Trinajstić information content (AvgIpc) is 3.29. The van der Waals surface area contributed by atoms with Crippen molar-refractivity contribution in [2.45, 2.75) is 6.10 Å². The maximum Gasteiger partial charge on any atom is 0.196 e. The summed E-state index contributed by atoms with van der Waals surface area (Å²) in [6, 6.07) is 14.6. The molecular formula is C16H13BrO3. The van der Waals surface area contributed by atoms with Gasteiger partial charge in [-0.05, 0) is 24.3 Å². The van der Waals surface area contributed by atoms with Crippen LogP contribution in [0.4, 0.5) is 0 Å². The van der Waals surface area contributed by atoms with Gasteiger partial charge in [0.1, 0.15) is 18.5 Å². The molecule has 4 heteroatoms. The van der Waals surface area contributed by atoms with Crippen LogP contribution in [0.3, 0.4) is 0 Å². The van der Waals surface area contributed by atoms with Crippen LogP contribution in [0.15, 0.2) is 53.0 Å². The summed E-state index contributed by atoms with van der Waals surface area (Å²) in [4.78, 5) is 12.5. The zero-order chi connectivity index (χ0) is 13.9. The predicted octanol–water partition coefficient (Wildman–Crippen LogP) is 3.46.